The predicted octanol–water partition coefficient (Wildman–Crippen LogP) is 3.49. The van der Waals surface area contributed by atoms with Crippen LogP contribution in [0.1, 0.15) is 26.7 Å². The van der Waals surface area contributed by atoms with Gasteiger partial charge in [0.05, 0.1) is 6.54 Å². The van der Waals surface area contributed by atoms with Crippen LogP contribution in [0.15, 0.2) is 24.3 Å². The predicted molar refractivity (Wildman–Crippen MR) is 77.7 cm³/mol. The van der Waals surface area contributed by atoms with Gasteiger partial charge in [0.15, 0.2) is 0 Å². The zero-order valence-electron chi connectivity index (χ0n) is 11.7. The van der Waals surface area contributed by atoms with Crippen molar-refractivity contribution < 1.29 is 9.53 Å². The Morgan fingerprint density at radius 3 is 2.79 bits per heavy atom. The van der Waals surface area contributed by atoms with E-state index in [-0.39, 0.29) is 6.09 Å². The number of carbonyl (C=O) groups excluding carboxylic acids is 1. The van der Waals surface area contributed by atoms with Crippen LogP contribution in [0.2, 0.25) is 0 Å². The number of rotatable bonds is 6. The van der Waals surface area contributed by atoms with Crippen molar-refractivity contribution in [1.82, 2.24) is 0 Å². The van der Waals surface area contributed by atoms with E-state index in [0.717, 1.165) is 17.9 Å². The topological polar surface area (TPSA) is 41.6 Å². The number of hydrogen-bond donors (Lipinski definition) is 1. The van der Waals surface area contributed by atoms with E-state index < -0.39 is 0 Å². The van der Waals surface area contributed by atoms with Crippen LogP contribution in [0.3, 0.4) is 0 Å². The third-order valence-corrected chi connectivity index (χ3v) is 3.67. The van der Waals surface area contributed by atoms with Gasteiger partial charge in [-0.25, -0.2) is 4.79 Å². The van der Waals surface area contributed by atoms with Gasteiger partial charge in [0, 0.05) is 17.9 Å². The number of ether oxygens (including phenoxy) is 1. The van der Waals surface area contributed by atoms with Crippen molar-refractivity contribution in [3.05, 3.63) is 24.3 Å². The van der Waals surface area contributed by atoms with Crippen LogP contribution in [0, 0.1) is 5.92 Å². The Balaban J connectivity index is 2.01. The highest BCUT2D eigenvalue weighted by atomic mass is 16.6. The number of anilines is 2. The summed E-state index contributed by atoms with van der Waals surface area (Å²) in [5.41, 5.74) is 1.96. The van der Waals surface area contributed by atoms with Crippen molar-refractivity contribution in [3.63, 3.8) is 0 Å². The standard InChI is InChI=1S/C15H22N2O2/c1-3-12(4-2)11-16-13-6-5-7-14(10-13)17-8-9-19-15(17)18/h5-7,10,12,16H,3-4,8-9,11H2,1-2H3. The highest BCUT2D eigenvalue weighted by Crippen LogP contribution is 2.22. The van der Waals surface area contributed by atoms with Gasteiger partial charge in [0.2, 0.25) is 0 Å². The third-order valence-electron chi connectivity index (χ3n) is 3.67. The monoisotopic (exact) mass is 262 g/mol. The lowest BCUT2D eigenvalue weighted by atomic mass is 10.0. The van der Waals surface area contributed by atoms with Crippen molar-refractivity contribution in [2.45, 2.75) is 26.7 Å². The van der Waals surface area contributed by atoms with E-state index in [1.54, 1.807) is 4.90 Å². The van der Waals surface area contributed by atoms with Gasteiger partial charge in [-0.15, -0.1) is 0 Å². The number of cyclic esters (lactones) is 1. The average Bonchev–Trinajstić information content (AvgIpc) is 2.86. The smallest absolute Gasteiger partial charge is 0.414 e. The molecule has 0 aliphatic carbocycles. The maximum atomic E-state index is 11.5. The van der Waals surface area contributed by atoms with Gasteiger partial charge in [-0.2, -0.15) is 0 Å². The Morgan fingerprint density at radius 1 is 1.37 bits per heavy atom. The summed E-state index contributed by atoms with van der Waals surface area (Å²) < 4.78 is 4.96. The Morgan fingerprint density at radius 2 is 2.16 bits per heavy atom. The maximum absolute atomic E-state index is 11.5. The van der Waals surface area contributed by atoms with Crippen LogP contribution in [0.4, 0.5) is 16.2 Å². The van der Waals surface area contributed by atoms with Crippen LogP contribution in [0.25, 0.3) is 0 Å². The molecule has 0 saturated carbocycles. The molecule has 1 amide bonds. The SMILES string of the molecule is CCC(CC)CNc1cccc(N2CCOC2=O)c1. The Bertz CT molecular complexity index is 430. The van der Waals surface area contributed by atoms with Crippen LogP contribution in [0.5, 0.6) is 0 Å². The first-order valence-electron chi connectivity index (χ1n) is 7.02. The minimum Gasteiger partial charge on any atom is -0.447 e. The van der Waals surface area contributed by atoms with E-state index in [2.05, 4.69) is 19.2 Å². The molecule has 1 saturated heterocycles. The molecule has 1 aromatic carbocycles. The summed E-state index contributed by atoms with van der Waals surface area (Å²) in [5.74, 6) is 0.695. The molecule has 4 heteroatoms. The van der Waals surface area contributed by atoms with Gasteiger partial charge in [0.25, 0.3) is 0 Å². The van der Waals surface area contributed by atoms with Gasteiger partial charge >= 0.3 is 6.09 Å². The second-order valence-corrected chi connectivity index (χ2v) is 4.88. The molecule has 1 heterocycles. The van der Waals surface area contributed by atoms with E-state index in [4.69, 9.17) is 4.74 Å². The first-order valence-corrected chi connectivity index (χ1v) is 7.02. The van der Waals surface area contributed by atoms with E-state index in [1.807, 2.05) is 24.3 Å². The second kappa shape index (κ2) is 6.45. The second-order valence-electron chi connectivity index (χ2n) is 4.88. The normalized spacial score (nSPS) is 14.9. The van der Waals surface area contributed by atoms with Crippen molar-refractivity contribution in [1.29, 1.82) is 0 Å². The molecule has 0 bridgehead atoms. The lowest BCUT2D eigenvalue weighted by Crippen LogP contribution is -2.23. The van der Waals surface area contributed by atoms with Crippen LogP contribution in [-0.4, -0.2) is 25.8 Å². The lowest BCUT2D eigenvalue weighted by Gasteiger charge is -2.17. The summed E-state index contributed by atoms with van der Waals surface area (Å²) in [7, 11) is 0. The average molecular weight is 262 g/mol. The molecule has 1 N–H and O–H groups in total. The van der Waals surface area contributed by atoms with Crippen LogP contribution >= 0.6 is 0 Å². The molecule has 0 unspecified atom stereocenters. The molecule has 104 valence electrons. The van der Waals surface area contributed by atoms with Crippen LogP contribution in [-0.2, 0) is 4.74 Å². The third kappa shape index (κ3) is 3.40. The minimum atomic E-state index is -0.253. The molecule has 1 aromatic rings. The largest absolute Gasteiger partial charge is 0.447 e. The number of nitrogens with zero attached hydrogens (tertiary/aromatic N) is 1. The van der Waals surface area contributed by atoms with Gasteiger partial charge in [-0.1, -0.05) is 32.8 Å². The first kappa shape index (κ1) is 13.7. The summed E-state index contributed by atoms with van der Waals surface area (Å²) in [5, 5.41) is 3.45. The number of nitrogens with one attached hydrogen (secondary N) is 1. The van der Waals surface area contributed by atoms with E-state index in [9.17, 15) is 4.79 Å². The lowest BCUT2D eigenvalue weighted by molar-refractivity contribution is 0.181. The molecule has 1 aliphatic heterocycles. The Labute approximate surface area is 114 Å². The molecule has 0 aromatic heterocycles. The number of hydrogen-bond acceptors (Lipinski definition) is 3. The molecule has 0 atom stereocenters. The summed E-state index contributed by atoms with van der Waals surface area (Å²) in [6, 6.07) is 7.95. The quantitative estimate of drug-likeness (QED) is 0.853. The molecule has 19 heavy (non-hydrogen) atoms. The summed E-state index contributed by atoms with van der Waals surface area (Å²) >= 11 is 0. The van der Waals surface area contributed by atoms with Gasteiger partial charge < -0.3 is 10.1 Å². The fourth-order valence-corrected chi connectivity index (χ4v) is 2.25. The molecule has 1 fully saturated rings. The van der Waals surface area contributed by atoms with E-state index >= 15 is 0 Å². The first-order chi connectivity index (χ1) is 9.24. The molecule has 0 radical (unpaired) electrons. The van der Waals surface area contributed by atoms with Gasteiger partial charge in [0.1, 0.15) is 6.61 Å². The number of amides is 1. The van der Waals surface area contributed by atoms with Gasteiger partial charge in [-0.3, -0.25) is 4.90 Å². The van der Waals surface area contributed by atoms with Crippen molar-refractivity contribution in [2.75, 3.05) is 29.9 Å². The van der Waals surface area contributed by atoms with E-state index in [1.165, 1.54) is 12.8 Å². The highest BCUT2D eigenvalue weighted by molar-refractivity contribution is 5.89. The molecular weight excluding hydrogens is 240 g/mol. The van der Waals surface area contributed by atoms with E-state index in [0.29, 0.717) is 19.1 Å². The summed E-state index contributed by atoms with van der Waals surface area (Å²) in [4.78, 5) is 13.2. The van der Waals surface area contributed by atoms with Crippen molar-refractivity contribution in [3.8, 4) is 0 Å². The molecule has 0 spiro atoms. The van der Waals surface area contributed by atoms with Crippen molar-refractivity contribution in [2.24, 2.45) is 5.92 Å². The Hall–Kier alpha value is -1.71. The summed E-state index contributed by atoms with van der Waals surface area (Å²) in [6.07, 6.45) is 2.11. The fraction of sp³-hybridized carbons (Fsp3) is 0.533. The number of benzene rings is 1. The zero-order chi connectivity index (χ0) is 13.7. The molecule has 2 rings (SSSR count). The fourth-order valence-electron chi connectivity index (χ4n) is 2.25. The molecular formula is C15H22N2O2. The minimum absolute atomic E-state index is 0.253. The number of carbonyl (C=O) groups is 1. The molecule has 1 aliphatic rings. The maximum Gasteiger partial charge on any atom is 0.414 e. The zero-order valence-corrected chi connectivity index (χ0v) is 11.7. The van der Waals surface area contributed by atoms with Crippen LogP contribution < -0.4 is 10.2 Å². The van der Waals surface area contributed by atoms with Gasteiger partial charge in [-0.05, 0) is 24.1 Å². The Kier molecular flexibility index (Phi) is 4.66. The van der Waals surface area contributed by atoms with Crippen molar-refractivity contribution >= 4 is 17.5 Å². The highest BCUT2D eigenvalue weighted by Gasteiger charge is 2.23. The molecule has 4 nitrogen and oxygen atoms in total. The summed E-state index contributed by atoms with van der Waals surface area (Å²) in [6.45, 7) is 6.51.